The highest BCUT2D eigenvalue weighted by Crippen LogP contribution is 2.46. The molecule has 2 N–H and O–H groups in total. The number of amides is 1. The average Bonchev–Trinajstić information content (AvgIpc) is 3.03. The number of carboxylic acid groups (broad SMARTS) is 1. The van der Waals surface area contributed by atoms with Gasteiger partial charge in [-0.1, -0.05) is 6.07 Å². The van der Waals surface area contributed by atoms with Crippen LogP contribution in [0.25, 0.3) is 0 Å². The molecule has 4 rings (SSSR count). The number of alkyl halides is 3. The summed E-state index contributed by atoms with van der Waals surface area (Å²) in [5, 5.41) is 19.7. The fraction of sp³-hybridized carbons (Fsp3) is 0.682. The van der Waals surface area contributed by atoms with Crippen molar-refractivity contribution in [3.8, 4) is 0 Å². The quantitative estimate of drug-likeness (QED) is 0.732. The largest absolute Gasteiger partial charge is 0.465 e. The zero-order valence-corrected chi connectivity index (χ0v) is 17.9. The predicted molar refractivity (Wildman–Crippen MR) is 109 cm³/mol. The van der Waals surface area contributed by atoms with Crippen molar-refractivity contribution in [3.05, 3.63) is 34.9 Å². The lowest BCUT2D eigenvalue weighted by atomic mass is 9.86. The van der Waals surface area contributed by atoms with Crippen molar-refractivity contribution in [3.63, 3.8) is 0 Å². The number of hydrogen-bond donors (Lipinski definition) is 2. The number of rotatable bonds is 2. The fourth-order valence-electron chi connectivity index (χ4n) is 5.54. The number of benzene rings is 1. The summed E-state index contributed by atoms with van der Waals surface area (Å²) in [6.07, 6.45) is -4.18. The molecule has 1 aromatic carbocycles. The molecule has 0 radical (unpaired) electrons. The molecule has 9 heteroatoms. The first kappa shape index (κ1) is 22.4. The highest BCUT2D eigenvalue weighted by atomic mass is 19.4. The molecule has 3 atom stereocenters. The van der Waals surface area contributed by atoms with Crippen molar-refractivity contribution in [2.24, 2.45) is 0 Å². The van der Waals surface area contributed by atoms with Crippen LogP contribution in [0.15, 0.2) is 18.2 Å². The fourth-order valence-corrected chi connectivity index (χ4v) is 5.54. The number of fused-ring (bicyclic) bond motifs is 1. The van der Waals surface area contributed by atoms with E-state index in [4.69, 9.17) is 0 Å². The van der Waals surface area contributed by atoms with Gasteiger partial charge >= 0.3 is 12.3 Å². The van der Waals surface area contributed by atoms with Crippen molar-refractivity contribution < 1.29 is 28.2 Å². The van der Waals surface area contributed by atoms with Gasteiger partial charge in [0, 0.05) is 50.3 Å². The Balaban J connectivity index is 1.45. The maximum atomic E-state index is 13.1. The molecule has 31 heavy (non-hydrogen) atoms. The molecule has 0 spiro atoms. The van der Waals surface area contributed by atoms with Gasteiger partial charge in [0.15, 0.2) is 0 Å². The molecule has 6 nitrogen and oxygen atoms in total. The van der Waals surface area contributed by atoms with Gasteiger partial charge in [-0.05, 0) is 56.4 Å². The van der Waals surface area contributed by atoms with E-state index in [0.717, 1.165) is 50.2 Å². The van der Waals surface area contributed by atoms with Crippen molar-refractivity contribution in [1.29, 1.82) is 0 Å². The molecule has 0 saturated carbocycles. The third kappa shape index (κ3) is 4.15. The van der Waals surface area contributed by atoms with Crippen LogP contribution in [0.1, 0.15) is 61.9 Å². The Morgan fingerprint density at radius 1 is 1.13 bits per heavy atom. The summed E-state index contributed by atoms with van der Waals surface area (Å²) in [5.74, 6) is 0. The molecule has 2 saturated heterocycles. The van der Waals surface area contributed by atoms with E-state index >= 15 is 0 Å². The van der Waals surface area contributed by atoms with Crippen LogP contribution in [-0.4, -0.2) is 75.3 Å². The first-order valence-electron chi connectivity index (χ1n) is 10.9. The molecule has 0 aromatic heterocycles. The summed E-state index contributed by atoms with van der Waals surface area (Å²) in [4.78, 5) is 17.4. The highest BCUT2D eigenvalue weighted by molar-refractivity contribution is 5.65. The summed E-state index contributed by atoms with van der Waals surface area (Å²) < 4.78 is 39.3. The molecule has 3 aliphatic rings. The van der Waals surface area contributed by atoms with E-state index in [1.54, 1.807) is 0 Å². The predicted octanol–water partition coefficient (Wildman–Crippen LogP) is 3.72. The summed E-state index contributed by atoms with van der Waals surface area (Å²) in [5.41, 5.74) is 0.412. The van der Waals surface area contributed by atoms with Gasteiger partial charge in [0.05, 0.1) is 11.7 Å². The van der Waals surface area contributed by atoms with E-state index in [0.29, 0.717) is 25.1 Å². The van der Waals surface area contributed by atoms with E-state index < -0.39 is 23.9 Å². The summed E-state index contributed by atoms with van der Waals surface area (Å²) >= 11 is 0. The second kappa shape index (κ2) is 7.94. The molecule has 2 fully saturated rings. The van der Waals surface area contributed by atoms with Gasteiger partial charge in [0.25, 0.3) is 0 Å². The number of likely N-dealkylation sites (tertiary alicyclic amines) is 1. The highest BCUT2D eigenvalue weighted by Gasteiger charge is 2.43. The van der Waals surface area contributed by atoms with Crippen LogP contribution in [0.3, 0.4) is 0 Å². The van der Waals surface area contributed by atoms with Crippen molar-refractivity contribution in [2.75, 3.05) is 32.7 Å². The van der Waals surface area contributed by atoms with Crippen molar-refractivity contribution in [1.82, 2.24) is 14.7 Å². The molecule has 2 heterocycles. The van der Waals surface area contributed by atoms with Gasteiger partial charge in [-0.3, -0.25) is 9.80 Å². The minimum atomic E-state index is -4.42. The van der Waals surface area contributed by atoms with Gasteiger partial charge < -0.3 is 15.1 Å². The van der Waals surface area contributed by atoms with Crippen molar-refractivity contribution in [2.45, 2.75) is 63.0 Å². The third-order valence-corrected chi connectivity index (χ3v) is 7.53. The molecule has 1 aliphatic carbocycles. The normalized spacial score (nSPS) is 29.7. The van der Waals surface area contributed by atoms with Gasteiger partial charge in [-0.25, -0.2) is 4.79 Å². The van der Waals surface area contributed by atoms with Gasteiger partial charge in [0.1, 0.15) is 0 Å². The summed E-state index contributed by atoms with van der Waals surface area (Å²) in [6.45, 7) is 7.77. The number of carbonyl (C=O) groups is 1. The van der Waals surface area contributed by atoms with E-state index in [-0.39, 0.29) is 17.6 Å². The van der Waals surface area contributed by atoms with E-state index in [1.807, 2.05) is 0 Å². The van der Waals surface area contributed by atoms with Crippen LogP contribution in [0.4, 0.5) is 18.0 Å². The smallest absolute Gasteiger partial charge is 0.416 e. The van der Waals surface area contributed by atoms with Crippen LogP contribution >= 0.6 is 0 Å². The Labute approximate surface area is 180 Å². The second-order valence-electron chi connectivity index (χ2n) is 9.41. The van der Waals surface area contributed by atoms with E-state index in [2.05, 4.69) is 23.6 Å². The second-order valence-corrected chi connectivity index (χ2v) is 9.41. The minimum Gasteiger partial charge on any atom is -0.465 e. The molecule has 0 bridgehead atoms. The van der Waals surface area contributed by atoms with Crippen LogP contribution in [-0.2, 0) is 6.18 Å². The van der Waals surface area contributed by atoms with Crippen LogP contribution < -0.4 is 0 Å². The Kier molecular flexibility index (Phi) is 5.72. The van der Waals surface area contributed by atoms with Crippen LogP contribution in [0.5, 0.6) is 0 Å². The number of piperazine rings is 1. The molecule has 2 unspecified atom stereocenters. The molecule has 1 amide bonds. The lowest BCUT2D eigenvalue weighted by Crippen LogP contribution is -2.62. The Morgan fingerprint density at radius 2 is 1.81 bits per heavy atom. The maximum absolute atomic E-state index is 13.1. The minimum absolute atomic E-state index is 0.0546. The summed E-state index contributed by atoms with van der Waals surface area (Å²) in [7, 11) is 0. The van der Waals surface area contributed by atoms with Crippen molar-refractivity contribution >= 4 is 6.09 Å². The number of nitrogens with zero attached hydrogens (tertiary/aromatic N) is 3. The number of aliphatic hydroxyl groups excluding tert-OH is 1. The monoisotopic (exact) mass is 441 g/mol. The van der Waals surface area contributed by atoms with E-state index in [1.165, 1.54) is 11.0 Å². The van der Waals surface area contributed by atoms with Gasteiger partial charge in [-0.2, -0.15) is 13.2 Å². The van der Waals surface area contributed by atoms with Crippen LogP contribution in [0.2, 0.25) is 0 Å². The molecule has 2 aliphatic heterocycles. The SMILES string of the molecule is C[C@H]1CN(C2(C)CCN(C(=O)O)CC2)CCN1C1CC(O)c2cc(C(F)(F)F)ccc21. The number of halogens is 3. The zero-order chi connectivity index (χ0) is 22.6. The Bertz CT molecular complexity index is 839. The summed E-state index contributed by atoms with van der Waals surface area (Å²) in [6, 6.07) is 3.82. The maximum Gasteiger partial charge on any atom is 0.416 e. The van der Waals surface area contributed by atoms with Crippen LogP contribution in [0, 0.1) is 0 Å². The molecular formula is C22H30F3N3O3. The first-order chi connectivity index (χ1) is 14.5. The first-order valence-corrected chi connectivity index (χ1v) is 10.9. The average molecular weight is 441 g/mol. The number of aliphatic hydroxyl groups is 1. The van der Waals surface area contributed by atoms with Gasteiger partial charge in [0.2, 0.25) is 0 Å². The standard InChI is InChI=1S/C22H30F3N3O3/c1-14-13-27(21(2)5-7-26(8-6-21)20(30)31)9-10-28(14)18-12-19(29)17-11-15(22(23,24)25)3-4-16(17)18/h3-4,11,14,18-19,29H,5-10,12-13H2,1-2H3,(H,30,31)/t14-,18?,19?/m0/s1. The Hall–Kier alpha value is -1.84. The van der Waals surface area contributed by atoms with Gasteiger partial charge in [-0.15, -0.1) is 0 Å². The lowest BCUT2D eigenvalue weighted by molar-refractivity contribution is -0.137. The molecular weight excluding hydrogens is 411 g/mol. The van der Waals surface area contributed by atoms with E-state index in [9.17, 15) is 28.2 Å². The third-order valence-electron chi connectivity index (χ3n) is 7.53. The Morgan fingerprint density at radius 3 is 2.39 bits per heavy atom. The number of piperidine rings is 1. The molecule has 172 valence electrons. The number of hydrogen-bond acceptors (Lipinski definition) is 4. The zero-order valence-electron chi connectivity index (χ0n) is 17.9. The topological polar surface area (TPSA) is 67.2 Å². The molecule has 1 aromatic rings. The lowest BCUT2D eigenvalue weighted by Gasteiger charge is -2.52.